The molecule has 3 rings (SSSR count). The second-order valence-corrected chi connectivity index (χ2v) is 4.95. The molecule has 3 aromatic rings. The molecule has 0 aliphatic rings. The summed E-state index contributed by atoms with van der Waals surface area (Å²) in [7, 11) is 0. The second kappa shape index (κ2) is 4.62. The van der Waals surface area contributed by atoms with Crippen molar-refractivity contribution in [3.63, 3.8) is 0 Å². The van der Waals surface area contributed by atoms with Gasteiger partial charge in [0.15, 0.2) is 0 Å². The highest BCUT2D eigenvalue weighted by Crippen LogP contribution is 2.24. The Kier molecular flexibility index (Phi) is 2.82. The Morgan fingerprint density at radius 2 is 2.11 bits per heavy atom. The summed E-state index contributed by atoms with van der Waals surface area (Å²) in [6.45, 7) is 0.747. The van der Waals surface area contributed by atoms with Crippen molar-refractivity contribution in [2.75, 3.05) is 5.73 Å². The van der Waals surface area contributed by atoms with Crippen LogP contribution in [-0.2, 0) is 6.54 Å². The number of rotatable bonds is 3. The Labute approximate surface area is 109 Å². The van der Waals surface area contributed by atoms with Crippen LogP contribution in [0.2, 0.25) is 0 Å². The molecule has 0 aliphatic carbocycles. The van der Waals surface area contributed by atoms with Gasteiger partial charge in [0.1, 0.15) is 0 Å². The summed E-state index contributed by atoms with van der Waals surface area (Å²) in [6, 6.07) is 7.81. The molecule has 0 radical (unpaired) electrons. The van der Waals surface area contributed by atoms with E-state index in [0.29, 0.717) is 0 Å². The van der Waals surface area contributed by atoms with E-state index in [-0.39, 0.29) is 0 Å². The molecule has 0 saturated carbocycles. The number of benzene rings is 1. The number of anilines is 1. The largest absolute Gasteiger partial charge is 0.398 e. The first-order valence-electron chi connectivity index (χ1n) is 5.57. The molecule has 18 heavy (non-hydrogen) atoms. The molecule has 4 nitrogen and oxygen atoms in total. The first kappa shape index (κ1) is 11.0. The van der Waals surface area contributed by atoms with E-state index in [1.165, 1.54) is 4.88 Å². The number of hydrogen-bond acceptors (Lipinski definition) is 4. The zero-order valence-corrected chi connectivity index (χ0v) is 10.5. The molecular weight excluding hydrogens is 244 g/mol. The second-order valence-electron chi connectivity index (χ2n) is 3.98. The van der Waals surface area contributed by atoms with Crippen molar-refractivity contribution in [2.45, 2.75) is 6.54 Å². The topological polar surface area (TPSA) is 56.7 Å². The number of thiazole rings is 1. The van der Waals surface area contributed by atoms with Gasteiger partial charge in [-0.15, -0.1) is 11.3 Å². The fourth-order valence-corrected chi connectivity index (χ4v) is 2.41. The summed E-state index contributed by atoms with van der Waals surface area (Å²) >= 11 is 1.63. The van der Waals surface area contributed by atoms with Crippen molar-refractivity contribution < 1.29 is 0 Å². The molecule has 0 spiro atoms. The average Bonchev–Trinajstić information content (AvgIpc) is 3.02. The number of nitrogen functional groups attached to an aromatic ring is 1. The van der Waals surface area contributed by atoms with Crippen LogP contribution in [0.25, 0.3) is 11.1 Å². The van der Waals surface area contributed by atoms with Crippen LogP contribution in [-0.4, -0.2) is 14.8 Å². The zero-order chi connectivity index (χ0) is 12.4. The molecule has 0 amide bonds. The van der Waals surface area contributed by atoms with E-state index in [1.807, 2.05) is 53.0 Å². The molecule has 0 unspecified atom stereocenters. The first-order valence-corrected chi connectivity index (χ1v) is 6.45. The molecule has 0 aliphatic heterocycles. The van der Waals surface area contributed by atoms with Gasteiger partial charge in [-0.25, -0.2) is 0 Å². The van der Waals surface area contributed by atoms with Gasteiger partial charge in [0.05, 0.1) is 18.3 Å². The minimum absolute atomic E-state index is 0.747. The quantitative estimate of drug-likeness (QED) is 0.733. The summed E-state index contributed by atoms with van der Waals surface area (Å²) in [4.78, 5) is 5.24. The van der Waals surface area contributed by atoms with Crippen LogP contribution in [0.3, 0.4) is 0 Å². The average molecular weight is 256 g/mol. The van der Waals surface area contributed by atoms with Crippen molar-refractivity contribution in [2.24, 2.45) is 0 Å². The molecule has 2 heterocycles. The first-order chi connectivity index (χ1) is 8.83. The van der Waals surface area contributed by atoms with Crippen molar-refractivity contribution >= 4 is 17.0 Å². The lowest BCUT2D eigenvalue weighted by atomic mass is 10.1. The monoisotopic (exact) mass is 256 g/mol. The third-order valence-electron chi connectivity index (χ3n) is 2.71. The lowest BCUT2D eigenvalue weighted by Crippen LogP contribution is -1.97. The van der Waals surface area contributed by atoms with E-state index >= 15 is 0 Å². The number of hydrogen-bond donors (Lipinski definition) is 1. The van der Waals surface area contributed by atoms with Crippen LogP contribution >= 0.6 is 11.3 Å². The number of nitrogens with two attached hydrogens (primary N) is 1. The molecule has 2 aromatic heterocycles. The van der Waals surface area contributed by atoms with E-state index in [4.69, 9.17) is 5.73 Å². The van der Waals surface area contributed by atoms with Crippen LogP contribution in [0.15, 0.2) is 48.4 Å². The molecule has 0 atom stereocenters. The fourth-order valence-electron chi connectivity index (χ4n) is 1.83. The molecule has 90 valence electrons. The fraction of sp³-hybridized carbons (Fsp3) is 0.0769. The molecule has 0 bridgehead atoms. The Morgan fingerprint density at radius 1 is 1.22 bits per heavy atom. The van der Waals surface area contributed by atoms with Crippen molar-refractivity contribution in [1.82, 2.24) is 14.8 Å². The van der Waals surface area contributed by atoms with Crippen LogP contribution in [0.1, 0.15) is 4.88 Å². The van der Waals surface area contributed by atoms with Crippen LogP contribution in [0, 0.1) is 0 Å². The molecule has 5 heteroatoms. The minimum atomic E-state index is 0.747. The Bertz CT molecular complexity index is 643. The van der Waals surface area contributed by atoms with Gasteiger partial charge in [-0.1, -0.05) is 18.2 Å². The lowest BCUT2D eigenvalue weighted by Gasteiger charge is -2.01. The van der Waals surface area contributed by atoms with Crippen LogP contribution in [0.4, 0.5) is 5.69 Å². The third-order valence-corrected chi connectivity index (χ3v) is 3.47. The highest BCUT2D eigenvalue weighted by atomic mass is 32.1. The van der Waals surface area contributed by atoms with Gasteiger partial charge in [0, 0.05) is 34.1 Å². The van der Waals surface area contributed by atoms with Crippen LogP contribution in [0.5, 0.6) is 0 Å². The standard InChI is InChI=1S/C13H12N4S/c14-13-4-2-1-3-12(13)10-5-16-17(7-10)8-11-6-15-9-18-11/h1-7,9H,8,14H2. The van der Waals surface area contributed by atoms with E-state index < -0.39 is 0 Å². The van der Waals surface area contributed by atoms with Crippen LogP contribution < -0.4 is 5.73 Å². The van der Waals surface area contributed by atoms with Crippen molar-refractivity contribution in [3.05, 3.63) is 53.2 Å². The number of nitrogens with zero attached hydrogens (tertiary/aromatic N) is 3. The summed E-state index contributed by atoms with van der Waals surface area (Å²) in [5.41, 5.74) is 10.6. The molecular formula is C13H12N4S. The summed E-state index contributed by atoms with van der Waals surface area (Å²) in [5.74, 6) is 0. The zero-order valence-electron chi connectivity index (χ0n) is 9.65. The summed E-state index contributed by atoms with van der Waals surface area (Å²) < 4.78 is 1.90. The van der Waals surface area contributed by atoms with Gasteiger partial charge >= 0.3 is 0 Å². The predicted octanol–water partition coefficient (Wildman–Crippen LogP) is 2.64. The van der Waals surface area contributed by atoms with E-state index in [0.717, 1.165) is 23.4 Å². The van der Waals surface area contributed by atoms with E-state index in [1.54, 1.807) is 11.3 Å². The van der Waals surface area contributed by atoms with Gasteiger partial charge in [-0.05, 0) is 6.07 Å². The van der Waals surface area contributed by atoms with Crippen molar-refractivity contribution in [3.8, 4) is 11.1 Å². The highest BCUT2D eigenvalue weighted by Gasteiger charge is 2.05. The maximum absolute atomic E-state index is 5.95. The lowest BCUT2D eigenvalue weighted by molar-refractivity contribution is 0.694. The maximum Gasteiger partial charge on any atom is 0.0794 e. The van der Waals surface area contributed by atoms with Gasteiger partial charge in [0.25, 0.3) is 0 Å². The SMILES string of the molecule is Nc1ccccc1-c1cnn(Cc2cncs2)c1. The third kappa shape index (κ3) is 2.12. The Hall–Kier alpha value is -2.14. The molecule has 0 saturated heterocycles. The maximum atomic E-state index is 5.95. The van der Waals surface area contributed by atoms with Gasteiger partial charge in [-0.2, -0.15) is 5.10 Å². The smallest absolute Gasteiger partial charge is 0.0794 e. The van der Waals surface area contributed by atoms with Gasteiger partial charge in [0.2, 0.25) is 0 Å². The number of para-hydroxylation sites is 1. The normalized spacial score (nSPS) is 10.7. The minimum Gasteiger partial charge on any atom is -0.398 e. The molecule has 1 aromatic carbocycles. The Balaban J connectivity index is 1.88. The van der Waals surface area contributed by atoms with E-state index in [2.05, 4.69) is 10.1 Å². The molecule has 2 N–H and O–H groups in total. The predicted molar refractivity (Wildman–Crippen MR) is 73.3 cm³/mol. The number of aromatic nitrogens is 3. The highest BCUT2D eigenvalue weighted by molar-refractivity contribution is 7.09. The van der Waals surface area contributed by atoms with Gasteiger partial charge in [-0.3, -0.25) is 9.67 Å². The van der Waals surface area contributed by atoms with Crippen molar-refractivity contribution in [1.29, 1.82) is 0 Å². The van der Waals surface area contributed by atoms with Gasteiger partial charge < -0.3 is 5.73 Å². The Morgan fingerprint density at radius 3 is 2.89 bits per heavy atom. The summed E-state index contributed by atoms with van der Waals surface area (Å²) in [5, 5.41) is 4.35. The molecule has 0 fully saturated rings. The summed E-state index contributed by atoms with van der Waals surface area (Å²) in [6.07, 6.45) is 5.71. The van der Waals surface area contributed by atoms with E-state index in [9.17, 15) is 0 Å².